The van der Waals surface area contributed by atoms with Crippen LogP contribution in [-0.2, 0) is 0 Å². The highest BCUT2D eigenvalue weighted by Gasteiger charge is 2.03. The van der Waals surface area contributed by atoms with Crippen molar-refractivity contribution >= 4 is 17.0 Å². The van der Waals surface area contributed by atoms with Crippen LogP contribution in [0, 0.1) is 0 Å². The van der Waals surface area contributed by atoms with Crippen molar-refractivity contribution in [3.8, 4) is 0 Å². The Kier molecular flexibility index (Phi) is 1.18. The molecule has 0 saturated carbocycles. The van der Waals surface area contributed by atoms with Crippen molar-refractivity contribution in [1.29, 1.82) is 0 Å². The van der Waals surface area contributed by atoms with Crippen molar-refractivity contribution in [3.63, 3.8) is 0 Å². The number of imidazole rings is 1. The largest absolute Gasteiger partial charge is 0.340 e. The van der Waals surface area contributed by atoms with E-state index >= 15 is 0 Å². The van der Waals surface area contributed by atoms with Gasteiger partial charge in [-0.15, -0.1) is 4.48 Å². The fourth-order valence-electron chi connectivity index (χ4n) is 0.837. The summed E-state index contributed by atoms with van der Waals surface area (Å²) in [6.07, 6.45) is 2.67. The molecule has 5 nitrogen and oxygen atoms in total. The molecule has 2 aromatic heterocycles. The first kappa shape index (κ1) is 6.02. The molecule has 2 heterocycles. The van der Waals surface area contributed by atoms with Crippen molar-refractivity contribution in [2.24, 2.45) is 0 Å². The third-order valence-electron chi connectivity index (χ3n) is 1.31. The summed E-state index contributed by atoms with van der Waals surface area (Å²) in [6.45, 7) is 0. The number of nitrogens with zero attached hydrogens (tertiary/aromatic N) is 3. The monoisotopic (exact) mass is 153 g/mol. The van der Waals surface area contributed by atoms with Crippen molar-refractivity contribution in [2.75, 3.05) is 5.54 Å². The minimum absolute atomic E-state index is 0.104. The maximum absolute atomic E-state index is 11.9. The summed E-state index contributed by atoms with van der Waals surface area (Å²) in [7, 11) is 0. The molecule has 0 saturated heterocycles. The molecule has 0 atom stereocenters. The van der Waals surface area contributed by atoms with E-state index in [1.54, 1.807) is 0 Å². The number of aromatic nitrogens is 4. The van der Waals surface area contributed by atoms with Gasteiger partial charge >= 0.3 is 0 Å². The zero-order chi connectivity index (χ0) is 7.68. The van der Waals surface area contributed by atoms with Crippen LogP contribution in [0.4, 0.5) is 10.3 Å². The molecular formula is C5H4FN5. The van der Waals surface area contributed by atoms with Gasteiger partial charge in [0.05, 0.1) is 6.33 Å². The molecule has 0 aliphatic heterocycles. The van der Waals surface area contributed by atoms with E-state index in [2.05, 4.69) is 19.9 Å². The van der Waals surface area contributed by atoms with E-state index in [-0.39, 0.29) is 5.82 Å². The van der Waals surface area contributed by atoms with Gasteiger partial charge in [-0.05, 0) is 0 Å². The first-order valence-corrected chi connectivity index (χ1v) is 2.92. The Hall–Kier alpha value is -1.72. The Balaban J connectivity index is 2.79. The summed E-state index contributed by atoms with van der Waals surface area (Å²) in [5, 5.41) is 0. The van der Waals surface area contributed by atoms with Gasteiger partial charge in [-0.1, -0.05) is 0 Å². The van der Waals surface area contributed by atoms with E-state index in [1.807, 2.05) is 0 Å². The zero-order valence-corrected chi connectivity index (χ0v) is 5.37. The van der Waals surface area contributed by atoms with Crippen LogP contribution in [0.2, 0.25) is 0 Å². The Morgan fingerprint density at radius 3 is 3.09 bits per heavy atom. The number of rotatable bonds is 1. The highest BCUT2D eigenvalue weighted by atomic mass is 19.2. The van der Waals surface area contributed by atoms with Gasteiger partial charge in [-0.25, -0.2) is 20.5 Å². The molecule has 0 unspecified atom stereocenters. The Bertz CT molecular complexity index is 370. The predicted molar refractivity (Wildman–Crippen MR) is 36.4 cm³/mol. The summed E-state index contributed by atoms with van der Waals surface area (Å²) in [5.41, 5.74) is 2.35. The molecule has 0 aliphatic rings. The molecule has 6 heteroatoms. The number of hydrogen-bond donors (Lipinski definition) is 2. The van der Waals surface area contributed by atoms with E-state index in [1.165, 1.54) is 18.2 Å². The average Bonchev–Trinajstić information content (AvgIpc) is 2.50. The molecule has 2 N–H and O–H groups in total. The fourth-order valence-corrected chi connectivity index (χ4v) is 0.837. The summed E-state index contributed by atoms with van der Waals surface area (Å²) >= 11 is 0. The summed E-state index contributed by atoms with van der Waals surface area (Å²) in [4.78, 5) is 13.9. The number of aromatic amines is 1. The quantitative estimate of drug-likeness (QED) is 0.590. The van der Waals surface area contributed by atoms with Crippen LogP contribution in [0.5, 0.6) is 0 Å². The second-order valence-electron chi connectivity index (χ2n) is 1.92. The number of hydrogen-bond acceptors (Lipinski definition) is 4. The first-order valence-electron chi connectivity index (χ1n) is 2.92. The molecule has 2 rings (SSSR count). The van der Waals surface area contributed by atoms with Gasteiger partial charge in [0.2, 0.25) is 0 Å². The minimum Gasteiger partial charge on any atom is -0.340 e. The second kappa shape index (κ2) is 2.15. The van der Waals surface area contributed by atoms with Crippen LogP contribution in [0.3, 0.4) is 0 Å². The van der Waals surface area contributed by atoms with Crippen molar-refractivity contribution in [1.82, 2.24) is 19.9 Å². The number of nitrogens with one attached hydrogen (secondary N) is 2. The molecule has 56 valence electrons. The molecule has 0 aromatic carbocycles. The Morgan fingerprint density at radius 1 is 1.36 bits per heavy atom. The lowest BCUT2D eigenvalue weighted by Crippen LogP contribution is -1.89. The zero-order valence-electron chi connectivity index (χ0n) is 5.37. The first-order chi connectivity index (χ1) is 5.42. The van der Waals surface area contributed by atoms with Gasteiger partial charge in [0.15, 0.2) is 11.5 Å². The highest BCUT2D eigenvalue weighted by Crippen LogP contribution is 2.13. The Labute approximate surface area is 60.6 Å². The van der Waals surface area contributed by atoms with E-state index in [9.17, 15) is 4.48 Å². The number of halogens is 1. The number of H-pyrrole nitrogens is 1. The lowest BCUT2D eigenvalue weighted by Gasteiger charge is -1.93. The normalized spacial score (nSPS) is 10.3. The van der Waals surface area contributed by atoms with Crippen LogP contribution in [0.25, 0.3) is 11.2 Å². The lowest BCUT2D eigenvalue weighted by molar-refractivity contribution is 0.613. The Morgan fingerprint density at radius 2 is 2.27 bits per heavy atom. The maximum Gasteiger partial charge on any atom is 0.183 e. The van der Waals surface area contributed by atoms with Gasteiger partial charge in [0.25, 0.3) is 0 Å². The molecule has 0 aliphatic carbocycles. The summed E-state index contributed by atoms with van der Waals surface area (Å²) in [6, 6.07) is 0. The van der Waals surface area contributed by atoms with Crippen LogP contribution >= 0.6 is 0 Å². The summed E-state index contributed by atoms with van der Waals surface area (Å²) in [5.74, 6) is 0.104. The van der Waals surface area contributed by atoms with E-state index in [4.69, 9.17) is 0 Å². The fraction of sp³-hybridized carbons (Fsp3) is 0. The molecule has 0 bridgehead atoms. The second-order valence-corrected chi connectivity index (χ2v) is 1.92. The summed E-state index contributed by atoms with van der Waals surface area (Å²) < 4.78 is 11.9. The SMILES string of the molecule is FNc1ncnc2nc[nH]c12. The third kappa shape index (κ3) is 0.794. The van der Waals surface area contributed by atoms with Crippen molar-refractivity contribution in [3.05, 3.63) is 12.7 Å². The van der Waals surface area contributed by atoms with E-state index in [0.717, 1.165) is 0 Å². The number of anilines is 1. The maximum atomic E-state index is 11.9. The van der Waals surface area contributed by atoms with Gasteiger partial charge in [0, 0.05) is 0 Å². The van der Waals surface area contributed by atoms with Gasteiger partial charge in [-0.3, -0.25) is 0 Å². The predicted octanol–water partition coefficient (Wildman–Crippen LogP) is 0.649. The lowest BCUT2D eigenvalue weighted by atomic mass is 10.5. The van der Waals surface area contributed by atoms with E-state index < -0.39 is 0 Å². The van der Waals surface area contributed by atoms with Gasteiger partial charge in [-0.2, -0.15) is 0 Å². The number of fused-ring (bicyclic) bond motifs is 1. The van der Waals surface area contributed by atoms with Crippen LogP contribution in [-0.4, -0.2) is 19.9 Å². The van der Waals surface area contributed by atoms with Crippen LogP contribution in [0.15, 0.2) is 12.7 Å². The smallest absolute Gasteiger partial charge is 0.183 e. The molecule has 11 heavy (non-hydrogen) atoms. The topological polar surface area (TPSA) is 66.5 Å². The standard InChI is InChI=1S/C5H4FN5/c6-11-5-3-4(8-1-7-3)9-2-10-5/h1-2H,(H2,7,8,9,10,11). The molecule has 0 radical (unpaired) electrons. The molecule has 0 amide bonds. The van der Waals surface area contributed by atoms with Crippen molar-refractivity contribution < 1.29 is 4.48 Å². The van der Waals surface area contributed by atoms with Crippen LogP contribution < -0.4 is 5.54 Å². The van der Waals surface area contributed by atoms with Crippen molar-refractivity contribution in [2.45, 2.75) is 0 Å². The average molecular weight is 153 g/mol. The molecule has 2 aromatic rings. The van der Waals surface area contributed by atoms with Crippen LogP contribution in [0.1, 0.15) is 0 Å². The highest BCUT2D eigenvalue weighted by molar-refractivity contribution is 5.81. The van der Waals surface area contributed by atoms with E-state index in [0.29, 0.717) is 11.2 Å². The minimum atomic E-state index is 0.104. The third-order valence-corrected chi connectivity index (χ3v) is 1.31. The molecule has 0 fully saturated rings. The molecule has 0 spiro atoms. The molecular weight excluding hydrogens is 149 g/mol. The van der Waals surface area contributed by atoms with Gasteiger partial charge < -0.3 is 4.98 Å². The van der Waals surface area contributed by atoms with Gasteiger partial charge in [0.1, 0.15) is 11.8 Å².